The van der Waals surface area contributed by atoms with Crippen molar-refractivity contribution < 1.29 is 41.9 Å². The van der Waals surface area contributed by atoms with Crippen molar-refractivity contribution in [2.75, 3.05) is 6.61 Å². The van der Waals surface area contributed by atoms with Crippen molar-refractivity contribution in [1.82, 2.24) is 0 Å². The highest BCUT2D eigenvalue weighted by molar-refractivity contribution is 7.82. The molecule has 0 aliphatic carbocycles. The van der Waals surface area contributed by atoms with Gasteiger partial charge in [0.25, 0.3) is 0 Å². The second-order valence-electron chi connectivity index (χ2n) is 6.70. The van der Waals surface area contributed by atoms with Gasteiger partial charge in [0.15, 0.2) is 0 Å². The van der Waals surface area contributed by atoms with Crippen molar-refractivity contribution in [1.29, 1.82) is 0 Å². The highest BCUT2D eigenvalue weighted by Crippen LogP contribution is 2.26. The van der Waals surface area contributed by atoms with Gasteiger partial charge in [0, 0.05) is 0 Å². The topological polar surface area (TPSA) is 143 Å². The van der Waals surface area contributed by atoms with Gasteiger partial charge in [0.05, 0.1) is 6.61 Å². The fourth-order valence-corrected chi connectivity index (χ4v) is 3.74. The van der Waals surface area contributed by atoms with Crippen molar-refractivity contribution >= 4 is 10.4 Å². The summed E-state index contributed by atoms with van der Waals surface area (Å²) in [7, 11) is -4.66. The molecule has 1 aliphatic heterocycles. The van der Waals surface area contributed by atoms with Crippen molar-refractivity contribution in [2.24, 2.45) is 0 Å². The summed E-state index contributed by atoms with van der Waals surface area (Å²) < 4.78 is 39.4. The third kappa shape index (κ3) is 6.11. The van der Waals surface area contributed by atoms with Gasteiger partial charge in [0.1, 0.15) is 30.2 Å². The van der Waals surface area contributed by atoms with E-state index < -0.39 is 47.7 Å². The van der Waals surface area contributed by atoms with E-state index in [2.05, 4.69) is 6.92 Å². The van der Waals surface area contributed by atoms with Crippen LogP contribution in [0.3, 0.4) is 0 Å². The molecule has 4 N–H and O–H groups in total. The van der Waals surface area contributed by atoms with Gasteiger partial charge in [-0.15, -0.1) is 0 Å². The Labute approximate surface area is 164 Å². The number of hydrogen-bond acceptors (Lipinski definition) is 9. The van der Waals surface area contributed by atoms with E-state index in [1.54, 1.807) is 18.2 Å². The van der Waals surface area contributed by atoms with Gasteiger partial charge in [-0.3, -0.25) is 0 Å². The summed E-state index contributed by atoms with van der Waals surface area (Å²) in [5.41, 5.74) is 0.694. The Balaban J connectivity index is 2.05. The van der Waals surface area contributed by atoms with Gasteiger partial charge in [-0.25, -0.2) is 4.18 Å². The molecule has 0 amide bonds. The number of rotatable bonds is 10. The van der Waals surface area contributed by atoms with E-state index in [0.717, 1.165) is 25.7 Å². The number of aliphatic hydroxyl groups excluding tert-OH is 4. The van der Waals surface area contributed by atoms with Crippen LogP contribution in [-0.2, 0) is 25.7 Å². The first-order valence-corrected chi connectivity index (χ1v) is 10.6. The molecule has 160 valence electrons. The van der Waals surface area contributed by atoms with E-state index in [1.165, 1.54) is 6.07 Å². The maximum Gasteiger partial charge on any atom is 0.451 e. The molecular weight excluding hydrogens is 392 g/mol. The van der Waals surface area contributed by atoms with Crippen LogP contribution in [-0.4, -0.2) is 66.2 Å². The minimum absolute atomic E-state index is 0.101. The summed E-state index contributed by atoms with van der Waals surface area (Å²) in [6.45, 7) is 1.40. The quantitative estimate of drug-likeness (QED) is 0.392. The molecule has 1 aliphatic rings. The van der Waals surface area contributed by atoms with Crippen LogP contribution < -0.4 is 4.18 Å². The maximum atomic E-state index is 12.3. The number of ether oxygens (including phenoxy) is 1. The lowest BCUT2D eigenvalue weighted by molar-refractivity contribution is -0.277. The lowest BCUT2D eigenvalue weighted by Crippen LogP contribution is -2.59. The van der Waals surface area contributed by atoms with Crippen LogP contribution in [0.4, 0.5) is 0 Å². The fourth-order valence-electron chi connectivity index (χ4n) is 2.93. The summed E-state index contributed by atoms with van der Waals surface area (Å²) in [5, 5.41) is 38.5. The first-order chi connectivity index (χ1) is 13.3. The molecule has 0 bridgehead atoms. The number of hydrogen-bond donors (Lipinski definition) is 4. The Morgan fingerprint density at radius 2 is 1.75 bits per heavy atom. The first kappa shape index (κ1) is 23.0. The third-order valence-electron chi connectivity index (χ3n) is 4.53. The van der Waals surface area contributed by atoms with Gasteiger partial charge in [0.2, 0.25) is 6.29 Å². The molecule has 2 rings (SSSR count). The lowest BCUT2D eigenvalue weighted by Gasteiger charge is -2.38. The van der Waals surface area contributed by atoms with Crippen LogP contribution in [0.5, 0.6) is 5.75 Å². The summed E-state index contributed by atoms with van der Waals surface area (Å²) in [6, 6.07) is 6.63. The van der Waals surface area contributed by atoms with E-state index in [-0.39, 0.29) is 5.75 Å². The second kappa shape index (κ2) is 10.5. The van der Waals surface area contributed by atoms with E-state index >= 15 is 0 Å². The summed E-state index contributed by atoms with van der Waals surface area (Å²) in [4.78, 5) is 0. The molecule has 0 unspecified atom stereocenters. The number of unbranched alkanes of at least 4 members (excludes halogenated alkanes) is 3. The first-order valence-electron chi connectivity index (χ1n) is 9.30. The fraction of sp³-hybridized carbons (Fsp3) is 0.667. The molecule has 1 aromatic carbocycles. The van der Waals surface area contributed by atoms with Gasteiger partial charge in [-0.2, -0.15) is 8.42 Å². The zero-order valence-electron chi connectivity index (χ0n) is 15.7. The Kier molecular flexibility index (Phi) is 8.62. The molecular formula is C18H28O9S. The number of aliphatic hydroxyl groups is 4. The molecule has 5 atom stereocenters. The lowest BCUT2D eigenvalue weighted by atomic mass is 10.00. The molecule has 0 spiro atoms. The van der Waals surface area contributed by atoms with E-state index in [4.69, 9.17) is 18.2 Å². The molecule has 9 nitrogen and oxygen atoms in total. The smallest absolute Gasteiger partial charge is 0.394 e. The van der Waals surface area contributed by atoms with Crippen molar-refractivity contribution in [3.05, 3.63) is 29.8 Å². The maximum absolute atomic E-state index is 12.3. The number of aryl methyl sites for hydroxylation is 1. The van der Waals surface area contributed by atoms with E-state index in [9.17, 15) is 23.7 Å². The predicted octanol–water partition coefficient (Wildman–Crippen LogP) is 0.249. The van der Waals surface area contributed by atoms with Gasteiger partial charge < -0.3 is 29.3 Å². The van der Waals surface area contributed by atoms with E-state index in [0.29, 0.717) is 12.0 Å². The largest absolute Gasteiger partial charge is 0.451 e. The van der Waals surface area contributed by atoms with Crippen LogP contribution in [0.15, 0.2) is 24.3 Å². The Bertz CT molecular complexity index is 707. The van der Waals surface area contributed by atoms with E-state index in [1.807, 2.05) is 0 Å². The minimum Gasteiger partial charge on any atom is -0.394 e. The number of para-hydroxylation sites is 1. The molecule has 1 heterocycles. The van der Waals surface area contributed by atoms with Crippen molar-refractivity contribution in [3.63, 3.8) is 0 Å². The molecule has 28 heavy (non-hydrogen) atoms. The Hall–Kier alpha value is -1.27. The molecule has 1 saturated heterocycles. The average Bonchev–Trinajstić information content (AvgIpc) is 2.66. The zero-order chi connectivity index (χ0) is 20.7. The van der Waals surface area contributed by atoms with Crippen LogP contribution >= 0.6 is 0 Å². The standard InChI is InChI=1S/C18H28O9S/c1-2-3-4-5-8-12-9-6-7-10-13(12)26-28(23,24)27-18-17(22)16(21)15(20)14(11-19)25-18/h6-7,9-10,14-22H,2-5,8,11H2,1H3/t14-,15-,16+,17+,18+/m1/s1. The molecule has 0 radical (unpaired) electrons. The SMILES string of the molecule is CCCCCCc1ccccc1OS(=O)(=O)O[C@@H]1O[C@H](CO)[C@@H](O)[C@H](O)[C@@H]1O. The van der Waals surface area contributed by atoms with Gasteiger partial charge in [-0.1, -0.05) is 44.4 Å². The van der Waals surface area contributed by atoms with Crippen molar-refractivity contribution in [3.8, 4) is 5.75 Å². The monoisotopic (exact) mass is 420 g/mol. The highest BCUT2D eigenvalue weighted by atomic mass is 32.3. The normalized spacial score (nSPS) is 28.2. The molecule has 1 aromatic rings. The van der Waals surface area contributed by atoms with Gasteiger partial charge in [-0.05, 0) is 24.5 Å². The average molecular weight is 420 g/mol. The molecule has 0 aromatic heterocycles. The Morgan fingerprint density at radius 1 is 1.04 bits per heavy atom. The predicted molar refractivity (Wildman–Crippen MR) is 98.7 cm³/mol. The molecule has 0 saturated carbocycles. The zero-order valence-corrected chi connectivity index (χ0v) is 16.5. The van der Waals surface area contributed by atoms with Crippen LogP contribution in [0.2, 0.25) is 0 Å². The second-order valence-corrected chi connectivity index (χ2v) is 7.88. The summed E-state index contributed by atoms with van der Waals surface area (Å²) >= 11 is 0. The Morgan fingerprint density at radius 3 is 2.43 bits per heavy atom. The number of benzene rings is 1. The van der Waals surface area contributed by atoms with Crippen molar-refractivity contribution in [2.45, 2.75) is 69.7 Å². The van der Waals surface area contributed by atoms with Gasteiger partial charge >= 0.3 is 10.4 Å². The van der Waals surface area contributed by atoms with Crippen LogP contribution in [0.25, 0.3) is 0 Å². The summed E-state index contributed by atoms with van der Waals surface area (Å²) in [6.07, 6.45) is -3.65. The molecule has 1 fully saturated rings. The van der Waals surface area contributed by atoms with Crippen LogP contribution in [0.1, 0.15) is 38.2 Å². The summed E-state index contributed by atoms with van der Waals surface area (Å²) in [5.74, 6) is 0.101. The molecule has 10 heteroatoms. The third-order valence-corrected chi connectivity index (χ3v) is 5.33. The van der Waals surface area contributed by atoms with Crippen LogP contribution in [0, 0.1) is 0 Å². The minimum atomic E-state index is -4.66. The highest BCUT2D eigenvalue weighted by Gasteiger charge is 2.46.